The normalized spacial score (nSPS) is 13.9. The van der Waals surface area contributed by atoms with Crippen LogP contribution in [0.25, 0.3) is 16.6 Å². The molecule has 4 rings (SSSR count). The third-order valence-electron chi connectivity index (χ3n) is 4.95. The lowest BCUT2D eigenvalue weighted by atomic mass is 9.84. The molecule has 0 amide bonds. The van der Waals surface area contributed by atoms with Crippen LogP contribution in [0.3, 0.4) is 0 Å². The smallest absolute Gasteiger partial charge is 0.425 e. The summed E-state index contributed by atoms with van der Waals surface area (Å²) in [5, 5.41) is 15.5. The van der Waals surface area contributed by atoms with Crippen LogP contribution in [0.4, 0.5) is 17.6 Å². The Balaban J connectivity index is 1.92. The van der Waals surface area contributed by atoms with E-state index >= 15 is 0 Å². The molecule has 0 aliphatic heterocycles. The van der Waals surface area contributed by atoms with Crippen molar-refractivity contribution in [2.24, 2.45) is 0 Å². The van der Waals surface area contributed by atoms with E-state index in [9.17, 15) is 22.7 Å². The lowest BCUT2D eigenvalue weighted by molar-refractivity contribution is -0.248. The van der Waals surface area contributed by atoms with Crippen molar-refractivity contribution in [3.8, 4) is 11.4 Å². The maximum absolute atomic E-state index is 14.1. The van der Waals surface area contributed by atoms with E-state index in [2.05, 4.69) is 5.10 Å². The average molecular weight is 416 g/mol. The highest BCUT2D eigenvalue weighted by atomic mass is 19.4. The van der Waals surface area contributed by atoms with Crippen LogP contribution in [-0.4, -0.2) is 28.2 Å². The lowest BCUT2D eigenvalue weighted by Gasteiger charge is -2.32. The van der Waals surface area contributed by atoms with Gasteiger partial charge in [0.15, 0.2) is 0 Å². The molecule has 4 nitrogen and oxygen atoms in total. The molecule has 3 aromatic carbocycles. The second-order valence-corrected chi connectivity index (χ2v) is 6.72. The van der Waals surface area contributed by atoms with E-state index in [0.29, 0.717) is 17.0 Å². The van der Waals surface area contributed by atoms with Crippen LogP contribution in [0.2, 0.25) is 0 Å². The Morgan fingerprint density at radius 2 is 1.70 bits per heavy atom. The van der Waals surface area contributed by atoms with Gasteiger partial charge in [0.05, 0.1) is 24.5 Å². The molecule has 30 heavy (non-hydrogen) atoms. The summed E-state index contributed by atoms with van der Waals surface area (Å²) in [4.78, 5) is 0. The maximum atomic E-state index is 14.1. The molecule has 1 unspecified atom stereocenters. The van der Waals surface area contributed by atoms with Crippen LogP contribution in [0.1, 0.15) is 11.1 Å². The van der Waals surface area contributed by atoms with Crippen molar-refractivity contribution >= 4 is 10.9 Å². The van der Waals surface area contributed by atoms with Gasteiger partial charge in [-0.25, -0.2) is 9.07 Å². The minimum absolute atomic E-state index is 0.281. The second-order valence-electron chi connectivity index (χ2n) is 6.72. The summed E-state index contributed by atoms with van der Waals surface area (Å²) >= 11 is 0. The first-order valence-electron chi connectivity index (χ1n) is 8.92. The zero-order valence-corrected chi connectivity index (χ0v) is 15.7. The molecule has 8 heteroatoms. The minimum atomic E-state index is -5.14. The van der Waals surface area contributed by atoms with Gasteiger partial charge in [-0.2, -0.15) is 18.3 Å². The molecule has 0 bridgehead atoms. The van der Waals surface area contributed by atoms with Crippen molar-refractivity contribution in [3.05, 3.63) is 89.9 Å². The van der Waals surface area contributed by atoms with E-state index in [1.165, 1.54) is 18.3 Å². The number of nitrogens with zero attached hydrogens (tertiary/aromatic N) is 2. The Hall–Kier alpha value is -3.39. The van der Waals surface area contributed by atoms with Gasteiger partial charge in [-0.05, 0) is 48.0 Å². The van der Waals surface area contributed by atoms with Crippen molar-refractivity contribution in [2.75, 3.05) is 7.11 Å². The van der Waals surface area contributed by atoms with Crippen molar-refractivity contribution < 1.29 is 27.4 Å². The van der Waals surface area contributed by atoms with Crippen molar-refractivity contribution in [1.82, 2.24) is 9.78 Å². The van der Waals surface area contributed by atoms with E-state index in [4.69, 9.17) is 4.74 Å². The molecule has 0 saturated heterocycles. The highest BCUT2D eigenvalue weighted by Crippen LogP contribution is 2.48. The number of rotatable bonds is 4. The van der Waals surface area contributed by atoms with Gasteiger partial charge >= 0.3 is 6.18 Å². The van der Waals surface area contributed by atoms with Crippen LogP contribution in [0, 0.1) is 5.82 Å². The Morgan fingerprint density at radius 3 is 2.37 bits per heavy atom. The number of methoxy groups -OCH3 is 1. The number of aliphatic hydroxyl groups is 1. The average Bonchev–Trinajstić information content (AvgIpc) is 3.16. The Bertz CT molecular complexity index is 1200. The fraction of sp³-hybridized carbons (Fsp3) is 0.136. The summed E-state index contributed by atoms with van der Waals surface area (Å²) in [6.07, 6.45) is -3.73. The highest BCUT2D eigenvalue weighted by Gasteiger charge is 2.57. The number of fused-ring (bicyclic) bond motifs is 1. The summed E-state index contributed by atoms with van der Waals surface area (Å²) in [6, 6.07) is 15.5. The topological polar surface area (TPSA) is 47.3 Å². The Morgan fingerprint density at radius 1 is 0.967 bits per heavy atom. The molecule has 154 valence electrons. The Labute approximate surface area is 168 Å². The van der Waals surface area contributed by atoms with Crippen LogP contribution in [-0.2, 0) is 5.60 Å². The van der Waals surface area contributed by atoms with Gasteiger partial charge in [0.25, 0.3) is 0 Å². The summed E-state index contributed by atoms with van der Waals surface area (Å²) in [6.45, 7) is 0. The molecule has 0 radical (unpaired) electrons. The first-order chi connectivity index (χ1) is 14.3. The maximum Gasteiger partial charge on any atom is 0.425 e. The van der Waals surface area contributed by atoms with Gasteiger partial charge in [0.2, 0.25) is 5.60 Å². The number of hydrogen-bond donors (Lipinski definition) is 1. The number of ether oxygens (including phenoxy) is 1. The molecule has 1 heterocycles. The quantitative estimate of drug-likeness (QED) is 0.478. The number of benzene rings is 3. The number of halogens is 4. The van der Waals surface area contributed by atoms with Gasteiger partial charge in [0.1, 0.15) is 11.6 Å². The third kappa shape index (κ3) is 3.09. The number of hydrogen-bond acceptors (Lipinski definition) is 3. The summed E-state index contributed by atoms with van der Waals surface area (Å²) in [5.41, 5.74) is -3.39. The van der Waals surface area contributed by atoms with Crippen molar-refractivity contribution in [3.63, 3.8) is 0 Å². The van der Waals surface area contributed by atoms with Gasteiger partial charge < -0.3 is 9.84 Å². The van der Waals surface area contributed by atoms with E-state index in [-0.39, 0.29) is 5.75 Å². The first kappa shape index (κ1) is 19.9. The second kappa shape index (κ2) is 7.14. The van der Waals surface area contributed by atoms with E-state index < -0.39 is 28.7 Å². The van der Waals surface area contributed by atoms with Crippen LogP contribution < -0.4 is 4.74 Å². The molecular formula is C22H16F4N2O2. The number of para-hydroxylation sites is 1. The molecule has 4 aromatic rings. The van der Waals surface area contributed by atoms with Crippen molar-refractivity contribution in [2.45, 2.75) is 11.8 Å². The number of alkyl halides is 3. The minimum Gasteiger partial charge on any atom is -0.496 e. The standard InChI is InChI=1S/C22H16F4N2O2/c1-30-20-10-8-16(23)12-18(20)21(29,22(24,25)26)15-7-9-19-14(11-15)13-27-28(19)17-5-3-2-4-6-17/h2-13,29H,1H3. The summed E-state index contributed by atoms with van der Waals surface area (Å²) < 4.78 is 62.8. The van der Waals surface area contributed by atoms with Gasteiger partial charge in [0, 0.05) is 10.9 Å². The van der Waals surface area contributed by atoms with Crippen LogP contribution in [0.5, 0.6) is 5.75 Å². The molecule has 0 aliphatic rings. The summed E-state index contributed by atoms with van der Waals surface area (Å²) in [7, 11) is 1.15. The number of aromatic nitrogens is 2. The molecule has 0 fully saturated rings. The zero-order valence-electron chi connectivity index (χ0n) is 15.7. The van der Waals surface area contributed by atoms with Gasteiger partial charge in [-0.15, -0.1) is 0 Å². The molecule has 0 saturated carbocycles. The molecule has 1 atom stereocenters. The Kier molecular flexibility index (Phi) is 4.74. The van der Waals surface area contributed by atoms with Gasteiger partial charge in [-0.1, -0.05) is 24.3 Å². The zero-order chi connectivity index (χ0) is 21.5. The van der Waals surface area contributed by atoms with E-state index in [1.807, 2.05) is 30.3 Å². The van der Waals surface area contributed by atoms with E-state index in [0.717, 1.165) is 31.0 Å². The molecule has 1 N–H and O–H groups in total. The monoisotopic (exact) mass is 416 g/mol. The molecule has 1 aromatic heterocycles. The predicted molar refractivity (Wildman–Crippen MR) is 103 cm³/mol. The first-order valence-corrected chi connectivity index (χ1v) is 8.92. The molecule has 0 spiro atoms. The fourth-order valence-corrected chi connectivity index (χ4v) is 3.47. The van der Waals surface area contributed by atoms with Crippen LogP contribution in [0.15, 0.2) is 72.9 Å². The van der Waals surface area contributed by atoms with Gasteiger partial charge in [-0.3, -0.25) is 0 Å². The largest absolute Gasteiger partial charge is 0.496 e. The predicted octanol–water partition coefficient (Wildman–Crippen LogP) is 4.97. The molecular weight excluding hydrogens is 400 g/mol. The van der Waals surface area contributed by atoms with E-state index in [1.54, 1.807) is 4.68 Å². The van der Waals surface area contributed by atoms with Crippen LogP contribution >= 0.6 is 0 Å². The van der Waals surface area contributed by atoms with Crippen molar-refractivity contribution in [1.29, 1.82) is 0 Å². The summed E-state index contributed by atoms with van der Waals surface area (Å²) in [5.74, 6) is -1.21. The lowest BCUT2D eigenvalue weighted by Crippen LogP contribution is -2.43. The SMILES string of the molecule is COc1ccc(F)cc1C(O)(c1ccc2c(cnn2-c2ccccc2)c1)C(F)(F)F. The molecule has 0 aliphatic carbocycles. The highest BCUT2D eigenvalue weighted by molar-refractivity contribution is 5.81. The fourth-order valence-electron chi connectivity index (χ4n) is 3.47. The third-order valence-corrected chi connectivity index (χ3v) is 4.95.